The Morgan fingerprint density at radius 3 is 2.53 bits per heavy atom. The van der Waals surface area contributed by atoms with Crippen LogP contribution < -0.4 is 5.73 Å². The Morgan fingerprint density at radius 2 is 1.89 bits per heavy atom. The molecule has 2 rings (SSSR count). The Hall–Kier alpha value is -0.530. The fourth-order valence-electron chi connectivity index (χ4n) is 3.33. The number of halogens is 1. The van der Waals surface area contributed by atoms with E-state index in [0.29, 0.717) is 5.92 Å². The van der Waals surface area contributed by atoms with Crippen LogP contribution in [0.25, 0.3) is 0 Å². The van der Waals surface area contributed by atoms with Crippen molar-refractivity contribution in [2.75, 3.05) is 0 Å². The fourth-order valence-corrected chi connectivity index (χ4v) is 3.59. The van der Waals surface area contributed by atoms with E-state index < -0.39 is 0 Å². The van der Waals surface area contributed by atoms with Gasteiger partial charge in [-0.25, -0.2) is 0 Å². The Balaban J connectivity index is 1.89. The Labute approximate surface area is 122 Å². The quantitative estimate of drug-likeness (QED) is 0.774. The molecule has 1 fully saturated rings. The highest BCUT2D eigenvalue weighted by Crippen LogP contribution is 2.38. The maximum absolute atomic E-state index is 6.43. The summed E-state index contributed by atoms with van der Waals surface area (Å²) < 4.78 is 0. The monoisotopic (exact) mass is 279 g/mol. The van der Waals surface area contributed by atoms with Gasteiger partial charge in [0.1, 0.15) is 0 Å². The summed E-state index contributed by atoms with van der Waals surface area (Å²) in [6.07, 6.45) is 9.34. The zero-order chi connectivity index (χ0) is 13.7. The Bertz CT molecular complexity index is 383. The van der Waals surface area contributed by atoms with E-state index in [2.05, 4.69) is 13.0 Å². The van der Waals surface area contributed by atoms with Crippen LogP contribution in [0.3, 0.4) is 0 Å². The lowest BCUT2D eigenvalue weighted by atomic mass is 9.75. The van der Waals surface area contributed by atoms with Crippen molar-refractivity contribution in [2.24, 2.45) is 17.6 Å². The molecule has 0 amide bonds. The molecule has 1 aliphatic carbocycles. The molecule has 2 heteroatoms. The van der Waals surface area contributed by atoms with Crippen molar-refractivity contribution < 1.29 is 0 Å². The van der Waals surface area contributed by atoms with Crippen LogP contribution in [0.4, 0.5) is 0 Å². The molecule has 2 N–H and O–H groups in total. The predicted molar refractivity (Wildman–Crippen MR) is 83.4 cm³/mol. The molecule has 0 saturated heterocycles. The topological polar surface area (TPSA) is 26.0 Å². The summed E-state index contributed by atoms with van der Waals surface area (Å²) in [5.41, 5.74) is 7.56. The van der Waals surface area contributed by atoms with Crippen molar-refractivity contribution in [3.63, 3.8) is 0 Å². The molecule has 1 aromatic carbocycles. The van der Waals surface area contributed by atoms with Gasteiger partial charge in [0.2, 0.25) is 0 Å². The van der Waals surface area contributed by atoms with Crippen LogP contribution in [-0.2, 0) is 0 Å². The first-order chi connectivity index (χ1) is 9.22. The van der Waals surface area contributed by atoms with Gasteiger partial charge in [0.05, 0.1) is 0 Å². The summed E-state index contributed by atoms with van der Waals surface area (Å²) in [6.45, 7) is 2.28. The van der Waals surface area contributed by atoms with Crippen molar-refractivity contribution >= 4 is 11.6 Å². The summed E-state index contributed by atoms with van der Waals surface area (Å²) in [7, 11) is 0. The highest BCUT2D eigenvalue weighted by Gasteiger charge is 2.26. The fraction of sp³-hybridized carbons (Fsp3) is 0.647. The van der Waals surface area contributed by atoms with Crippen molar-refractivity contribution in [1.29, 1.82) is 0 Å². The molecule has 19 heavy (non-hydrogen) atoms. The molecule has 1 nitrogen and oxygen atoms in total. The first-order valence-electron chi connectivity index (χ1n) is 7.72. The maximum atomic E-state index is 6.43. The number of unbranched alkanes of at least 4 members (excludes halogenated alkanes) is 1. The second kappa shape index (κ2) is 7.31. The smallest absolute Gasteiger partial charge is 0.0453 e. The SMILES string of the molecule is CCCCC1CCC(C(N)c2ccccc2Cl)CC1. The second-order valence-electron chi connectivity index (χ2n) is 5.97. The first-order valence-corrected chi connectivity index (χ1v) is 8.10. The minimum Gasteiger partial charge on any atom is -0.324 e. The van der Waals surface area contributed by atoms with Gasteiger partial charge in [0, 0.05) is 11.1 Å². The van der Waals surface area contributed by atoms with Crippen LogP contribution in [-0.4, -0.2) is 0 Å². The van der Waals surface area contributed by atoms with Gasteiger partial charge in [0.25, 0.3) is 0 Å². The molecule has 0 aliphatic heterocycles. The van der Waals surface area contributed by atoms with Crippen molar-refractivity contribution in [3.05, 3.63) is 34.9 Å². The van der Waals surface area contributed by atoms with E-state index in [1.54, 1.807) is 0 Å². The first kappa shape index (κ1) is 14.9. The molecule has 0 heterocycles. The lowest BCUT2D eigenvalue weighted by Crippen LogP contribution is -2.26. The lowest BCUT2D eigenvalue weighted by molar-refractivity contribution is 0.232. The van der Waals surface area contributed by atoms with Crippen LogP contribution in [0.15, 0.2) is 24.3 Å². The van der Waals surface area contributed by atoms with Crippen LogP contribution >= 0.6 is 11.6 Å². The van der Waals surface area contributed by atoms with E-state index in [-0.39, 0.29) is 6.04 Å². The zero-order valence-corrected chi connectivity index (χ0v) is 12.7. The molecule has 0 spiro atoms. The summed E-state index contributed by atoms with van der Waals surface area (Å²) in [6, 6.07) is 8.15. The number of benzene rings is 1. The molecule has 0 aromatic heterocycles. The van der Waals surface area contributed by atoms with Gasteiger partial charge < -0.3 is 5.73 Å². The van der Waals surface area contributed by atoms with E-state index in [9.17, 15) is 0 Å². The molecule has 106 valence electrons. The van der Waals surface area contributed by atoms with Gasteiger partial charge in [-0.1, -0.05) is 68.8 Å². The average Bonchev–Trinajstić information content (AvgIpc) is 2.45. The van der Waals surface area contributed by atoms with E-state index in [0.717, 1.165) is 16.5 Å². The van der Waals surface area contributed by atoms with Gasteiger partial charge in [-0.3, -0.25) is 0 Å². The standard InChI is InChI=1S/C17H26ClN/c1-2-3-6-13-9-11-14(12-10-13)17(19)15-7-4-5-8-16(15)18/h4-5,7-8,13-14,17H,2-3,6,9-12,19H2,1H3. The summed E-state index contributed by atoms with van der Waals surface area (Å²) in [4.78, 5) is 0. The minimum atomic E-state index is 0.112. The maximum Gasteiger partial charge on any atom is 0.0453 e. The van der Waals surface area contributed by atoms with E-state index >= 15 is 0 Å². The molecule has 1 saturated carbocycles. The van der Waals surface area contributed by atoms with E-state index in [1.165, 1.54) is 44.9 Å². The number of nitrogens with two attached hydrogens (primary N) is 1. The van der Waals surface area contributed by atoms with Crippen LogP contribution in [0, 0.1) is 11.8 Å². The average molecular weight is 280 g/mol. The molecule has 1 aliphatic rings. The van der Waals surface area contributed by atoms with Gasteiger partial charge >= 0.3 is 0 Å². The van der Waals surface area contributed by atoms with Crippen molar-refractivity contribution in [2.45, 2.75) is 57.9 Å². The van der Waals surface area contributed by atoms with Crippen molar-refractivity contribution in [3.8, 4) is 0 Å². The normalized spacial score (nSPS) is 25.2. The van der Waals surface area contributed by atoms with E-state index in [4.69, 9.17) is 17.3 Å². The van der Waals surface area contributed by atoms with Crippen molar-refractivity contribution in [1.82, 2.24) is 0 Å². The van der Waals surface area contributed by atoms with Gasteiger partial charge in [0.15, 0.2) is 0 Å². The highest BCUT2D eigenvalue weighted by atomic mass is 35.5. The molecular weight excluding hydrogens is 254 g/mol. The largest absolute Gasteiger partial charge is 0.324 e. The summed E-state index contributed by atoms with van der Waals surface area (Å²) in [5.74, 6) is 1.55. The van der Waals surface area contributed by atoms with E-state index in [1.807, 2.05) is 18.2 Å². The van der Waals surface area contributed by atoms with Crippen LogP contribution in [0.5, 0.6) is 0 Å². The highest BCUT2D eigenvalue weighted by molar-refractivity contribution is 6.31. The molecule has 1 atom stereocenters. The van der Waals surface area contributed by atoms with Crippen LogP contribution in [0.1, 0.15) is 63.5 Å². The number of rotatable bonds is 5. The lowest BCUT2D eigenvalue weighted by Gasteiger charge is -2.32. The predicted octanol–water partition coefficient (Wildman–Crippen LogP) is 5.34. The molecular formula is C17H26ClN. The summed E-state index contributed by atoms with van der Waals surface area (Å²) >= 11 is 6.26. The molecule has 1 unspecified atom stereocenters. The van der Waals surface area contributed by atoms with Gasteiger partial charge in [-0.15, -0.1) is 0 Å². The third kappa shape index (κ3) is 3.97. The third-order valence-corrected chi connectivity index (χ3v) is 4.97. The minimum absolute atomic E-state index is 0.112. The summed E-state index contributed by atoms with van der Waals surface area (Å²) in [5, 5.41) is 0.822. The number of hydrogen-bond acceptors (Lipinski definition) is 1. The Kier molecular flexibility index (Phi) is 5.72. The Morgan fingerprint density at radius 1 is 1.21 bits per heavy atom. The molecule has 0 radical (unpaired) electrons. The number of hydrogen-bond donors (Lipinski definition) is 1. The van der Waals surface area contributed by atoms with Crippen LogP contribution in [0.2, 0.25) is 5.02 Å². The van der Waals surface area contributed by atoms with Gasteiger partial charge in [-0.2, -0.15) is 0 Å². The second-order valence-corrected chi connectivity index (χ2v) is 6.38. The van der Waals surface area contributed by atoms with Gasteiger partial charge in [-0.05, 0) is 36.3 Å². The molecule has 0 bridgehead atoms. The third-order valence-electron chi connectivity index (χ3n) is 4.63. The molecule has 1 aromatic rings. The zero-order valence-electron chi connectivity index (χ0n) is 11.9.